The summed E-state index contributed by atoms with van der Waals surface area (Å²) >= 11 is 0. The number of hydrogen-bond acceptors (Lipinski definition) is 3. The zero-order valence-electron chi connectivity index (χ0n) is 19.9. The minimum atomic E-state index is -0.183. The van der Waals surface area contributed by atoms with Crippen molar-refractivity contribution in [2.24, 2.45) is 0 Å². The summed E-state index contributed by atoms with van der Waals surface area (Å²) in [6, 6.07) is 13.3. The van der Waals surface area contributed by atoms with Gasteiger partial charge in [0.2, 0.25) is 0 Å². The molecule has 0 N–H and O–H groups in total. The summed E-state index contributed by atoms with van der Waals surface area (Å²) in [4.78, 5) is 16.7. The van der Waals surface area contributed by atoms with Crippen LogP contribution in [0.15, 0.2) is 54.7 Å². The molecule has 0 amide bonds. The van der Waals surface area contributed by atoms with E-state index in [4.69, 9.17) is 4.74 Å². The molecule has 3 nitrogen and oxygen atoms in total. The number of ether oxygens (including phenoxy) is 1. The molecule has 172 valence electrons. The van der Waals surface area contributed by atoms with E-state index in [1.165, 1.54) is 36.0 Å². The van der Waals surface area contributed by atoms with Gasteiger partial charge in [0, 0.05) is 17.8 Å². The molecule has 0 bridgehead atoms. The predicted octanol–water partition coefficient (Wildman–Crippen LogP) is 7.80. The average molecular weight is 434 g/mol. The maximum absolute atomic E-state index is 12.0. The standard InChI is InChI=1S/C29H39NO2/c1-3-5-7-9-11-29(31)32-27-19-17-25(18-20-27)24-13-15-26(16-14-24)28-21-12-23(22-30-28)10-8-6-4-2/h9,11-16,21-22,25,27H,3-8,10,17-20H2,1-2H3/b11-9+. The minimum Gasteiger partial charge on any atom is -0.459 e. The molecule has 3 rings (SSSR count). The van der Waals surface area contributed by atoms with Crippen LogP contribution < -0.4 is 0 Å². The van der Waals surface area contributed by atoms with Crippen molar-refractivity contribution >= 4 is 5.97 Å². The summed E-state index contributed by atoms with van der Waals surface area (Å²) in [5.74, 6) is 0.366. The highest BCUT2D eigenvalue weighted by molar-refractivity contribution is 5.82. The van der Waals surface area contributed by atoms with E-state index in [0.717, 1.165) is 57.1 Å². The van der Waals surface area contributed by atoms with Crippen LogP contribution in [0.1, 0.15) is 95.1 Å². The molecule has 1 aliphatic carbocycles. The van der Waals surface area contributed by atoms with Crippen molar-refractivity contribution < 1.29 is 9.53 Å². The van der Waals surface area contributed by atoms with E-state index in [2.05, 4.69) is 55.2 Å². The first-order valence-electron chi connectivity index (χ1n) is 12.6. The molecule has 0 unspecified atom stereocenters. The lowest BCUT2D eigenvalue weighted by Crippen LogP contribution is -2.23. The van der Waals surface area contributed by atoms with Crippen molar-refractivity contribution in [2.45, 2.75) is 96.5 Å². The summed E-state index contributed by atoms with van der Waals surface area (Å²) in [5, 5.41) is 0. The van der Waals surface area contributed by atoms with Gasteiger partial charge in [-0.3, -0.25) is 4.98 Å². The van der Waals surface area contributed by atoms with Crippen molar-refractivity contribution in [1.29, 1.82) is 0 Å². The lowest BCUT2D eigenvalue weighted by molar-refractivity contribution is -0.144. The number of carbonyl (C=O) groups is 1. The van der Waals surface area contributed by atoms with E-state index >= 15 is 0 Å². The molecule has 1 fully saturated rings. The first kappa shape index (κ1) is 24.2. The number of unbranched alkanes of at least 4 members (excludes halogenated alkanes) is 4. The smallest absolute Gasteiger partial charge is 0.330 e. The Hall–Kier alpha value is -2.42. The molecule has 1 aliphatic rings. The van der Waals surface area contributed by atoms with E-state index < -0.39 is 0 Å². The summed E-state index contributed by atoms with van der Waals surface area (Å²) < 4.78 is 5.64. The van der Waals surface area contributed by atoms with Gasteiger partial charge in [-0.1, -0.05) is 75.9 Å². The van der Waals surface area contributed by atoms with Crippen LogP contribution in [0.25, 0.3) is 11.3 Å². The Labute approximate surface area is 194 Å². The molecule has 1 aromatic carbocycles. The largest absolute Gasteiger partial charge is 0.459 e. The van der Waals surface area contributed by atoms with Gasteiger partial charge in [-0.15, -0.1) is 0 Å². The average Bonchev–Trinajstić information content (AvgIpc) is 2.83. The fourth-order valence-corrected chi connectivity index (χ4v) is 4.47. The Morgan fingerprint density at radius 3 is 2.38 bits per heavy atom. The topological polar surface area (TPSA) is 39.2 Å². The second-order valence-corrected chi connectivity index (χ2v) is 9.09. The highest BCUT2D eigenvalue weighted by atomic mass is 16.5. The first-order valence-corrected chi connectivity index (χ1v) is 12.6. The van der Waals surface area contributed by atoms with Gasteiger partial charge in [0.1, 0.15) is 6.10 Å². The van der Waals surface area contributed by atoms with Crippen LogP contribution in [0.5, 0.6) is 0 Å². The second kappa shape index (κ2) is 13.2. The van der Waals surface area contributed by atoms with E-state index in [1.54, 1.807) is 6.08 Å². The molecular weight excluding hydrogens is 394 g/mol. The summed E-state index contributed by atoms with van der Waals surface area (Å²) in [5.41, 5.74) is 4.92. The van der Waals surface area contributed by atoms with E-state index in [-0.39, 0.29) is 12.1 Å². The summed E-state index contributed by atoms with van der Waals surface area (Å²) in [6.07, 6.45) is 17.8. The van der Waals surface area contributed by atoms with Gasteiger partial charge in [0.05, 0.1) is 5.69 Å². The SMILES string of the molecule is CCCC/C=C/C(=O)OC1CCC(c2ccc(-c3ccc(CCCCC)cn3)cc2)CC1. The molecule has 1 saturated carbocycles. The fourth-order valence-electron chi connectivity index (χ4n) is 4.47. The Morgan fingerprint density at radius 2 is 1.72 bits per heavy atom. The molecule has 32 heavy (non-hydrogen) atoms. The maximum atomic E-state index is 12.0. The van der Waals surface area contributed by atoms with Gasteiger partial charge in [0.15, 0.2) is 0 Å². The Morgan fingerprint density at radius 1 is 0.969 bits per heavy atom. The Kier molecular flexibility index (Phi) is 9.99. The second-order valence-electron chi connectivity index (χ2n) is 9.09. The number of aromatic nitrogens is 1. The maximum Gasteiger partial charge on any atom is 0.330 e. The molecule has 0 saturated heterocycles. The first-order chi connectivity index (χ1) is 15.7. The van der Waals surface area contributed by atoms with Crippen LogP contribution in [-0.4, -0.2) is 17.1 Å². The predicted molar refractivity (Wildman–Crippen MR) is 133 cm³/mol. The molecule has 0 aliphatic heterocycles. The monoisotopic (exact) mass is 433 g/mol. The molecule has 0 spiro atoms. The zero-order chi connectivity index (χ0) is 22.6. The van der Waals surface area contributed by atoms with Crippen molar-refractivity contribution in [3.63, 3.8) is 0 Å². The quantitative estimate of drug-likeness (QED) is 0.206. The van der Waals surface area contributed by atoms with Crippen LogP contribution in [0.4, 0.5) is 0 Å². The van der Waals surface area contributed by atoms with E-state index in [1.807, 2.05) is 12.3 Å². The summed E-state index contributed by atoms with van der Waals surface area (Å²) in [7, 11) is 0. The lowest BCUT2D eigenvalue weighted by atomic mass is 9.82. The number of esters is 1. The van der Waals surface area contributed by atoms with Gasteiger partial charge >= 0.3 is 5.97 Å². The number of hydrogen-bond donors (Lipinski definition) is 0. The van der Waals surface area contributed by atoms with Crippen LogP contribution in [-0.2, 0) is 16.0 Å². The van der Waals surface area contributed by atoms with Gasteiger partial charge in [-0.25, -0.2) is 4.79 Å². The number of aryl methyl sites for hydroxylation is 1. The normalized spacial score (nSPS) is 18.7. The summed E-state index contributed by atoms with van der Waals surface area (Å²) in [6.45, 7) is 4.39. The molecule has 0 radical (unpaired) electrons. The number of benzene rings is 1. The molecule has 3 heteroatoms. The third-order valence-electron chi connectivity index (χ3n) is 6.51. The fraction of sp³-hybridized carbons (Fsp3) is 0.517. The van der Waals surface area contributed by atoms with Crippen molar-refractivity contribution in [3.8, 4) is 11.3 Å². The molecule has 0 atom stereocenters. The molecular formula is C29H39NO2. The number of carbonyl (C=O) groups excluding carboxylic acids is 1. The highest BCUT2D eigenvalue weighted by Crippen LogP contribution is 2.35. The number of pyridine rings is 1. The van der Waals surface area contributed by atoms with E-state index in [9.17, 15) is 4.79 Å². The van der Waals surface area contributed by atoms with Gasteiger partial charge in [-0.05, 0) is 68.1 Å². The van der Waals surface area contributed by atoms with Crippen molar-refractivity contribution in [3.05, 3.63) is 65.9 Å². The number of rotatable bonds is 11. The van der Waals surface area contributed by atoms with Crippen molar-refractivity contribution in [1.82, 2.24) is 4.98 Å². The highest BCUT2D eigenvalue weighted by Gasteiger charge is 2.24. The third-order valence-corrected chi connectivity index (χ3v) is 6.51. The van der Waals surface area contributed by atoms with Gasteiger partial charge in [0.25, 0.3) is 0 Å². The lowest BCUT2D eigenvalue weighted by Gasteiger charge is -2.28. The van der Waals surface area contributed by atoms with E-state index in [0.29, 0.717) is 5.92 Å². The number of nitrogens with zero attached hydrogens (tertiary/aromatic N) is 1. The third kappa shape index (κ3) is 7.62. The van der Waals surface area contributed by atoms with Crippen LogP contribution in [0.2, 0.25) is 0 Å². The van der Waals surface area contributed by atoms with Crippen LogP contribution >= 0.6 is 0 Å². The molecule has 1 aromatic heterocycles. The minimum absolute atomic E-state index is 0.0638. The van der Waals surface area contributed by atoms with Gasteiger partial charge < -0.3 is 4.74 Å². The Bertz CT molecular complexity index is 830. The van der Waals surface area contributed by atoms with Gasteiger partial charge in [-0.2, -0.15) is 0 Å². The van der Waals surface area contributed by atoms with Crippen LogP contribution in [0.3, 0.4) is 0 Å². The van der Waals surface area contributed by atoms with Crippen molar-refractivity contribution in [2.75, 3.05) is 0 Å². The zero-order valence-corrected chi connectivity index (χ0v) is 19.9. The Balaban J connectivity index is 1.46. The molecule has 1 heterocycles. The number of allylic oxidation sites excluding steroid dienone is 1. The molecule has 2 aromatic rings. The van der Waals surface area contributed by atoms with Crippen LogP contribution in [0, 0.1) is 0 Å².